The molecule has 0 aliphatic carbocycles. The summed E-state index contributed by atoms with van der Waals surface area (Å²) >= 11 is 1.98. The molecule has 3 heteroatoms. The monoisotopic (exact) mass is 225 g/mol. The van der Waals surface area contributed by atoms with Crippen molar-refractivity contribution in [2.45, 2.75) is 32.3 Å². The van der Waals surface area contributed by atoms with Gasteiger partial charge in [0, 0.05) is 22.7 Å². The Balaban J connectivity index is 2.18. The highest BCUT2D eigenvalue weighted by Crippen LogP contribution is 2.33. The molecule has 1 N–H and O–H groups in total. The zero-order valence-corrected chi connectivity index (χ0v) is 10.3. The lowest BCUT2D eigenvalue weighted by molar-refractivity contribution is 0.0451. The van der Waals surface area contributed by atoms with E-state index in [0.29, 0.717) is 0 Å². The smallest absolute Gasteiger partial charge is 0.0960 e. The molecule has 0 spiro atoms. The average molecular weight is 225 g/mol. The van der Waals surface area contributed by atoms with Crippen LogP contribution in [0.1, 0.15) is 34.8 Å². The van der Waals surface area contributed by atoms with Crippen LogP contribution < -0.4 is 5.32 Å². The summed E-state index contributed by atoms with van der Waals surface area (Å²) in [6.07, 6.45) is 3.82. The van der Waals surface area contributed by atoms with Gasteiger partial charge >= 0.3 is 0 Å². The van der Waals surface area contributed by atoms with Crippen LogP contribution >= 0.6 is 11.3 Å². The Labute approximate surface area is 95.6 Å². The number of hydrogen-bond acceptors (Lipinski definition) is 3. The van der Waals surface area contributed by atoms with Crippen molar-refractivity contribution >= 4 is 11.3 Å². The Morgan fingerprint density at radius 1 is 1.60 bits per heavy atom. The van der Waals surface area contributed by atoms with Crippen LogP contribution in [0.3, 0.4) is 0 Å². The largest absolute Gasteiger partial charge is 0.372 e. The number of thiophene rings is 1. The van der Waals surface area contributed by atoms with E-state index in [1.807, 2.05) is 18.4 Å². The van der Waals surface area contributed by atoms with Crippen LogP contribution in [0.25, 0.3) is 0 Å². The van der Waals surface area contributed by atoms with Gasteiger partial charge in [-0.2, -0.15) is 0 Å². The molecule has 84 valence electrons. The zero-order chi connectivity index (χ0) is 10.7. The van der Waals surface area contributed by atoms with Crippen molar-refractivity contribution in [2.24, 2.45) is 0 Å². The lowest BCUT2D eigenvalue weighted by atomic mass is 10.1. The first kappa shape index (κ1) is 11.1. The van der Waals surface area contributed by atoms with Crippen molar-refractivity contribution in [1.82, 2.24) is 5.32 Å². The van der Waals surface area contributed by atoms with Crippen LogP contribution in [0, 0.1) is 0 Å². The van der Waals surface area contributed by atoms with Crippen LogP contribution in [0.4, 0.5) is 0 Å². The van der Waals surface area contributed by atoms with Gasteiger partial charge in [0.15, 0.2) is 0 Å². The minimum atomic E-state index is 0.278. The van der Waals surface area contributed by atoms with Crippen LogP contribution in [0.2, 0.25) is 0 Å². The SMILES string of the molecule is CCCc1cc2c(s1)CCOC2CNC. The van der Waals surface area contributed by atoms with Gasteiger partial charge < -0.3 is 10.1 Å². The molecule has 1 aliphatic heterocycles. The third kappa shape index (κ3) is 2.41. The fraction of sp³-hybridized carbons (Fsp3) is 0.667. The summed E-state index contributed by atoms with van der Waals surface area (Å²) in [7, 11) is 1.98. The van der Waals surface area contributed by atoms with Gasteiger partial charge in [0.25, 0.3) is 0 Å². The molecule has 0 bridgehead atoms. The zero-order valence-electron chi connectivity index (χ0n) is 9.51. The Hall–Kier alpha value is -0.380. The molecule has 2 heterocycles. The predicted octanol–water partition coefficient (Wildman–Crippen LogP) is 2.53. The summed E-state index contributed by atoms with van der Waals surface area (Å²) < 4.78 is 5.78. The van der Waals surface area contributed by atoms with E-state index in [-0.39, 0.29) is 6.10 Å². The van der Waals surface area contributed by atoms with Gasteiger partial charge in [0.2, 0.25) is 0 Å². The van der Waals surface area contributed by atoms with Crippen molar-refractivity contribution in [3.63, 3.8) is 0 Å². The second kappa shape index (κ2) is 5.10. The number of fused-ring (bicyclic) bond motifs is 1. The number of aryl methyl sites for hydroxylation is 1. The van der Waals surface area contributed by atoms with Crippen LogP contribution in [0.5, 0.6) is 0 Å². The number of nitrogens with one attached hydrogen (secondary N) is 1. The molecule has 0 amide bonds. The fourth-order valence-corrected chi connectivity index (χ4v) is 3.38. The Morgan fingerprint density at radius 3 is 3.20 bits per heavy atom. The van der Waals surface area contributed by atoms with Crippen molar-refractivity contribution in [3.05, 3.63) is 21.4 Å². The van der Waals surface area contributed by atoms with Crippen molar-refractivity contribution < 1.29 is 4.74 Å². The maximum Gasteiger partial charge on any atom is 0.0960 e. The fourth-order valence-electron chi connectivity index (χ4n) is 2.08. The highest BCUT2D eigenvalue weighted by atomic mass is 32.1. The van der Waals surface area contributed by atoms with E-state index in [1.165, 1.54) is 23.3 Å². The lowest BCUT2D eigenvalue weighted by Gasteiger charge is -2.22. The minimum absolute atomic E-state index is 0.278. The second-order valence-corrected chi connectivity index (χ2v) is 5.23. The van der Waals surface area contributed by atoms with Crippen molar-refractivity contribution in [1.29, 1.82) is 0 Å². The highest BCUT2D eigenvalue weighted by Gasteiger charge is 2.22. The summed E-state index contributed by atoms with van der Waals surface area (Å²) in [6.45, 7) is 4.04. The quantitative estimate of drug-likeness (QED) is 0.850. The third-order valence-corrected chi connectivity index (χ3v) is 4.04. The summed E-state index contributed by atoms with van der Waals surface area (Å²) in [4.78, 5) is 3.07. The van der Waals surface area contributed by atoms with Crippen LogP contribution in [0.15, 0.2) is 6.07 Å². The van der Waals surface area contributed by atoms with E-state index in [2.05, 4.69) is 18.3 Å². The molecule has 0 aromatic carbocycles. The van der Waals surface area contributed by atoms with E-state index >= 15 is 0 Å². The predicted molar refractivity (Wildman–Crippen MR) is 64.6 cm³/mol. The summed E-state index contributed by atoms with van der Waals surface area (Å²) in [5.74, 6) is 0. The van der Waals surface area contributed by atoms with Crippen LogP contribution in [-0.2, 0) is 17.6 Å². The van der Waals surface area contributed by atoms with Gasteiger partial charge in [0.1, 0.15) is 0 Å². The first-order chi connectivity index (χ1) is 7.35. The molecule has 0 fully saturated rings. The van der Waals surface area contributed by atoms with E-state index in [4.69, 9.17) is 4.74 Å². The maximum absolute atomic E-state index is 5.78. The molecular formula is C12H19NOS. The number of rotatable bonds is 4. The van der Waals surface area contributed by atoms with Gasteiger partial charge in [0.05, 0.1) is 12.7 Å². The Kier molecular flexibility index (Phi) is 3.78. The van der Waals surface area contributed by atoms with Crippen molar-refractivity contribution in [2.75, 3.05) is 20.2 Å². The number of hydrogen-bond donors (Lipinski definition) is 1. The molecule has 0 saturated heterocycles. The molecule has 0 saturated carbocycles. The summed E-state index contributed by atoms with van der Waals surface area (Å²) in [5.41, 5.74) is 1.43. The van der Waals surface area contributed by atoms with Gasteiger partial charge in [-0.1, -0.05) is 13.3 Å². The topological polar surface area (TPSA) is 21.3 Å². The first-order valence-corrected chi connectivity index (χ1v) is 6.54. The molecule has 1 aromatic rings. The summed E-state index contributed by atoms with van der Waals surface area (Å²) in [6, 6.07) is 2.35. The lowest BCUT2D eigenvalue weighted by Crippen LogP contribution is -2.24. The van der Waals surface area contributed by atoms with E-state index in [1.54, 1.807) is 4.88 Å². The standard InChI is InChI=1S/C12H19NOS/c1-3-4-9-7-10-11(8-13-2)14-6-5-12(10)15-9/h7,11,13H,3-6,8H2,1-2H3. The van der Waals surface area contributed by atoms with Crippen LogP contribution in [-0.4, -0.2) is 20.2 Å². The van der Waals surface area contributed by atoms with Gasteiger partial charge in [-0.3, -0.25) is 0 Å². The molecule has 1 atom stereocenters. The maximum atomic E-state index is 5.78. The highest BCUT2D eigenvalue weighted by molar-refractivity contribution is 7.12. The first-order valence-electron chi connectivity index (χ1n) is 5.72. The number of likely N-dealkylation sites (N-methyl/N-ethyl adjacent to an activating group) is 1. The number of ether oxygens (including phenoxy) is 1. The molecule has 2 nitrogen and oxygen atoms in total. The van der Waals surface area contributed by atoms with Gasteiger partial charge in [-0.05, 0) is 25.1 Å². The van der Waals surface area contributed by atoms with Gasteiger partial charge in [-0.15, -0.1) is 11.3 Å². The molecule has 1 unspecified atom stereocenters. The molecular weight excluding hydrogens is 206 g/mol. The molecule has 15 heavy (non-hydrogen) atoms. The third-order valence-electron chi connectivity index (χ3n) is 2.77. The molecule has 1 aromatic heterocycles. The van der Waals surface area contributed by atoms with E-state index in [0.717, 1.165) is 19.6 Å². The average Bonchev–Trinajstić information content (AvgIpc) is 2.62. The van der Waals surface area contributed by atoms with Crippen molar-refractivity contribution in [3.8, 4) is 0 Å². The Bertz CT molecular complexity index is 321. The van der Waals surface area contributed by atoms with E-state index < -0.39 is 0 Å². The normalized spacial score (nSPS) is 20.3. The summed E-state index contributed by atoms with van der Waals surface area (Å²) in [5, 5.41) is 3.20. The van der Waals surface area contributed by atoms with E-state index in [9.17, 15) is 0 Å². The van der Waals surface area contributed by atoms with Gasteiger partial charge in [-0.25, -0.2) is 0 Å². The molecule has 0 radical (unpaired) electrons. The second-order valence-electron chi connectivity index (χ2n) is 4.01. The minimum Gasteiger partial charge on any atom is -0.372 e. The Morgan fingerprint density at radius 2 is 2.47 bits per heavy atom. The molecule has 2 rings (SSSR count). The molecule has 1 aliphatic rings.